The molecule has 1 atom stereocenters. The molecule has 29 heavy (non-hydrogen) atoms. The van der Waals surface area contributed by atoms with Crippen LogP contribution in [0.5, 0.6) is 0 Å². The van der Waals surface area contributed by atoms with Gasteiger partial charge in [0.2, 0.25) is 0 Å². The summed E-state index contributed by atoms with van der Waals surface area (Å²) in [5, 5.41) is 6.37. The molecule has 2 heterocycles. The van der Waals surface area contributed by atoms with Crippen molar-refractivity contribution in [3.05, 3.63) is 51.9 Å². The molecule has 154 valence electrons. The monoisotopic (exact) mass is 432 g/mol. The summed E-state index contributed by atoms with van der Waals surface area (Å²) in [7, 11) is 0. The standard InChI is InChI=1S/C21H24N2O4S2/c1-4-26-20(25)17-14-10-15(12(2)3)27-11-16(14)29-19(17)23-21(28)22-18(24)13-8-6-5-7-9-13/h5-9,12,15H,4,10-11H2,1-3H3,(H2,22,23,24,28)/t15-/m1/s1. The SMILES string of the molecule is CCOC(=O)c1c(NC(=S)NC(=O)c2ccccc2)sc2c1C[C@H](C(C)C)OC2. The third-order valence-electron chi connectivity index (χ3n) is 4.64. The van der Waals surface area contributed by atoms with Gasteiger partial charge in [0.25, 0.3) is 5.91 Å². The normalized spacial score (nSPS) is 15.5. The highest BCUT2D eigenvalue weighted by Gasteiger charge is 2.32. The maximum absolute atomic E-state index is 12.7. The Labute approximate surface area is 179 Å². The minimum atomic E-state index is -0.394. The summed E-state index contributed by atoms with van der Waals surface area (Å²) in [5.41, 5.74) is 1.93. The number of esters is 1. The van der Waals surface area contributed by atoms with Crippen LogP contribution >= 0.6 is 23.6 Å². The van der Waals surface area contributed by atoms with E-state index in [-0.39, 0.29) is 23.7 Å². The summed E-state index contributed by atoms with van der Waals surface area (Å²) < 4.78 is 11.2. The highest BCUT2D eigenvalue weighted by molar-refractivity contribution is 7.80. The van der Waals surface area contributed by atoms with Crippen LogP contribution < -0.4 is 10.6 Å². The van der Waals surface area contributed by atoms with Crippen molar-refractivity contribution in [3.8, 4) is 0 Å². The van der Waals surface area contributed by atoms with Crippen LogP contribution in [0.1, 0.15) is 51.9 Å². The Bertz CT molecular complexity index is 909. The van der Waals surface area contributed by atoms with Gasteiger partial charge in [-0.2, -0.15) is 0 Å². The molecule has 1 aromatic carbocycles. The van der Waals surface area contributed by atoms with Gasteiger partial charge in [0.05, 0.1) is 24.9 Å². The van der Waals surface area contributed by atoms with Crippen LogP contribution in [-0.4, -0.2) is 29.7 Å². The number of benzene rings is 1. The van der Waals surface area contributed by atoms with E-state index in [2.05, 4.69) is 24.5 Å². The zero-order chi connectivity index (χ0) is 21.0. The van der Waals surface area contributed by atoms with Gasteiger partial charge in [-0.25, -0.2) is 4.79 Å². The first-order valence-electron chi connectivity index (χ1n) is 9.51. The number of fused-ring (bicyclic) bond motifs is 1. The van der Waals surface area contributed by atoms with Gasteiger partial charge >= 0.3 is 5.97 Å². The Morgan fingerprint density at radius 3 is 2.69 bits per heavy atom. The Morgan fingerprint density at radius 2 is 2.03 bits per heavy atom. The topological polar surface area (TPSA) is 76.7 Å². The number of thiocarbonyl (C=S) groups is 1. The van der Waals surface area contributed by atoms with Gasteiger partial charge in [-0.1, -0.05) is 32.0 Å². The van der Waals surface area contributed by atoms with E-state index < -0.39 is 5.97 Å². The third kappa shape index (κ3) is 5.01. The fourth-order valence-electron chi connectivity index (χ4n) is 3.12. The van der Waals surface area contributed by atoms with E-state index in [1.54, 1.807) is 31.2 Å². The summed E-state index contributed by atoms with van der Waals surface area (Å²) in [5.74, 6) is -0.375. The molecule has 2 aromatic rings. The number of nitrogens with one attached hydrogen (secondary N) is 2. The minimum Gasteiger partial charge on any atom is -0.462 e. The highest BCUT2D eigenvalue weighted by Crippen LogP contribution is 2.39. The van der Waals surface area contributed by atoms with Gasteiger partial charge in [0.1, 0.15) is 5.00 Å². The first kappa shape index (κ1) is 21.4. The Kier molecular flexibility index (Phi) is 7.00. The molecule has 0 saturated carbocycles. The van der Waals surface area contributed by atoms with Crippen LogP contribution in [0.4, 0.5) is 5.00 Å². The second kappa shape index (κ2) is 9.47. The number of amides is 1. The molecule has 1 aliphatic rings. The van der Waals surface area contributed by atoms with E-state index >= 15 is 0 Å². The average Bonchev–Trinajstić information content (AvgIpc) is 3.05. The number of carbonyl (C=O) groups excluding carboxylic acids is 2. The first-order chi connectivity index (χ1) is 13.9. The molecule has 8 heteroatoms. The second-order valence-corrected chi connectivity index (χ2v) is 8.51. The summed E-state index contributed by atoms with van der Waals surface area (Å²) in [6, 6.07) is 8.80. The quantitative estimate of drug-likeness (QED) is 0.546. The maximum atomic E-state index is 12.7. The summed E-state index contributed by atoms with van der Waals surface area (Å²) in [4.78, 5) is 26.0. The zero-order valence-electron chi connectivity index (χ0n) is 16.6. The molecule has 0 saturated heterocycles. The first-order valence-corrected chi connectivity index (χ1v) is 10.7. The molecule has 0 radical (unpaired) electrons. The number of rotatable bonds is 5. The van der Waals surface area contributed by atoms with Crippen LogP contribution in [-0.2, 0) is 22.5 Å². The Hall–Kier alpha value is -2.29. The second-order valence-electron chi connectivity index (χ2n) is 7.00. The number of carbonyl (C=O) groups is 2. The van der Waals surface area contributed by atoms with E-state index in [0.29, 0.717) is 35.1 Å². The van der Waals surface area contributed by atoms with Crippen molar-refractivity contribution in [1.82, 2.24) is 5.32 Å². The van der Waals surface area contributed by atoms with Gasteiger partial charge in [-0.05, 0) is 42.8 Å². The smallest absolute Gasteiger partial charge is 0.341 e. The number of ether oxygens (including phenoxy) is 2. The van der Waals surface area contributed by atoms with Crippen molar-refractivity contribution in [1.29, 1.82) is 0 Å². The van der Waals surface area contributed by atoms with Gasteiger partial charge in [-0.3, -0.25) is 10.1 Å². The van der Waals surface area contributed by atoms with E-state index in [1.165, 1.54) is 11.3 Å². The van der Waals surface area contributed by atoms with Crippen LogP contribution in [0.2, 0.25) is 0 Å². The lowest BCUT2D eigenvalue weighted by Crippen LogP contribution is -2.34. The van der Waals surface area contributed by atoms with Crippen molar-refractivity contribution < 1.29 is 19.1 Å². The largest absolute Gasteiger partial charge is 0.462 e. The molecule has 2 N–H and O–H groups in total. The Morgan fingerprint density at radius 1 is 1.31 bits per heavy atom. The zero-order valence-corrected chi connectivity index (χ0v) is 18.2. The number of anilines is 1. The molecule has 1 aromatic heterocycles. The van der Waals surface area contributed by atoms with Crippen LogP contribution in [0.25, 0.3) is 0 Å². The highest BCUT2D eigenvalue weighted by atomic mass is 32.1. The van der Waals surface area contributed by atoms with Gasteiger partial charge in [0.15, 0.2) is 5.11 Å². The van der Waals surface area contributed by atoms with Gasteiger partial charge in [0, 0.05) is 16.9 Å². The number of hydrogen-bond acceptors (Lipinski definition) is 6. The lowest BCUT2D eigenvalue weighted by molar-refractivity contribution is 0.00124. The lowest BCUT2D eigenvalue weighted by Gasteiger charge is -2.26. The predicted molar refractivity (Wildman–Crippen MR) is 118 cm³/mol. The van der Waals surface area contributed by atoms with E-state index in [4.69, 9.17) is 21.7 Å². The van der Waals surface area contributed by atoms with Crippen LogP contribution in [0.3, 0.4) is 0 Å². The molecule has 0 spiro atoms. The maximum Gasteiger partial charge on any atom is 0.341 e. The lowest BCUT2D eigenvalue weighted by atomic mass is 9.94. The molecule has 1 amide bonds. The molecule has 1 aliphatic heterocycles. The van der Waals surface area contributed by atoms with Crippen LogP contribution in [0.15, 0.2) is 30.3 Å². The summed E-state index contributed by atoms with van der Waals surface area (Å²) in [6.07, 6.45) is 0.686. The van der Waals surface area contributed by atoms with Crippen molar-refractivity contribution in [2.45, 2.75) is 39.9 Å². The fourth-order valence-corrected chi connectivity index (χ4v) is 4.53. The number of thiophene rings is 1. The molecule has 0 fully saturated rings. The number of hydrogen-bond donors (Lipinski definition) is 2. The summed E-state index contributed by atoms with van der Waals surface area (Å²) in [6.45, 7) is 6.69. The molecular formula is C21H24N2O4S2. The van der Waals surface area contributed by atoms with Crippen molar-refractivity contribution in [2.24, 2.45) is 5.92 Å². The molecule has 3 rings (SSSR count). The van der Waals surface area contributed by atoms with Crippen molar-refractivity contribution in [2.75, 3.05) is 11.9 Å². The predicted octanol–water partition coefficient (Wildman–Crippen LogP) is 4.15. The van der Waals surface area contributed by atoms with Gasteiger partial charge < -0.3 is 14.8 Å². The molecule has 0 bridgehead atoms. The Balaban J connectivity index is 1.82. The van der Waals surface area contributed by atoms with Crippen molar-refractivity contribution in [3.63, 3.8) is 0 Å². The van der Waals surface area contributed by atoms with E-state index in [0.717, 1.165) is 10.4 Å². The fraction of sp³-hybridized carbons (Fsp3) is 0.381. The summed E-state index contributed by atoms with van der Waals surface area (Å²) >= 11 is 6.71. The van der Waals surface area contributed by atoms with E-state index in [1.807, 2.05) is 6.07 Å². The van der Waals surface area contributed by atoms with Crippen LogP contribution in [0, 0.1) is 5.92 Å². The molecule has 0 aliphatic carbocycles. The minimum absolute atomic E-state index is 0.0443. The average molecular weight is 433 g/mol. The molecular weight excluding hydrogens is 408 g/mol. The molecule has 0 unspecified atom stereocenters. The third-order valence-corrected chi connectivity index (χ3v) is 5.96. The van der Waals surface area contributed by atoms with Crippen molar-refractivity contribution >= 4 is 45.5 Å². The van der Waals surface area contributed by atoms with E-state index in [9.17, 15) is 9.59 Å². The molecule has 6 nitrogen and oxygen atoms in total. The van der Waals surface area contributed by atoms with Gasteiger partial charge in [-0.15, -0.1) is 11.3 Å².